The Hall–Kier alpha value is -2.04. The lowest BCUT2D eigenvalue weighted by molar-refractivity contribution is 0.0701. The molecule has 0 amide bonds. The Balaban J connectivity index is 0.00000289. The second kappa shape index (κ2) is 10.7. The summed E-state index contributed by atoms with van der Waals surface area (Å²) in [5.41, 5.74) is 3.30. The molecule has 0 fully saturated rings. The van der Waals surface area contributed by atoms with Crippen LogP contribution in [-0.4, -0.2) is 22.3 Å². The first-order valence-corrected chi connectivity index (χ1v) is 12.4. The maximum atomic E-state index is 11.5. The molecule has 5 nitrogen and oxygen atoms in total. The van der Waals surface area contributed by atoms with Gasteiger partial charge in [0.2, 0.25) is 0 Å². The Morgan fingerprint density at radius 1 is 1.12 bits per heavy atom. The van der Waals surface area contributed by atoms with Gasteiger partial charge in [-0.25, -0.2) is 9.78 Å². The lowest BCUT2D eigenvalue weighted by Crippen LogP contribution is -1.95. The van der Waals surface area contributed by atoms with Gasteiger partial charge in [0, 0.05) is 21.7 Å². The number of thiazole rings is 1. The molecular formula is C22H18BrClN2O3S3. The predicted molar refractivity (Wildman–Crippen MR) is 140 cm³/mol. The number of hydrogen-bond acceptors (Lipinski definition) is 7. The van der Waals surface area contributed by atoms with Gasteiger partial charge >= 0.3 is 5.97 Å². The molecule has 0 aliphatic heterocycles. The number of ether oxygens (including phenoxy) is 1. The summed E-state index contributed by atoms with van der Waals surface area (Å²) >= 11 is 10.2. The molecule has 2 heterocycles. The molecule has 0 unspecified atom stereocenters. The predicted octanol–water partition coefficient (Wildman–Crippen LogP) is 8.37. The summed E-state index contributed by atoms with van der Waals surface area (Å²) < 4.78 is 6.77. The summed E-state index contributed by atoms with van der Waals surface area (Å²) in [5, 5.41) is 16.1. The van der Waals surface area contributed by atoms with E-state index in [1.54, 1.807) is 12.1 Å². The van der Waals surface area contributed by atoms with E-state index >= 15 is 0 Å². The molecule has 4 aromatic rings. The number of benzene rings is 2. The molecule has 0 aliphatic rings. The zero-order valence-corrected chi connectivity index (χ0v) is 21.8. The molecule has 32 heavy (non-hydrogen) atoms. The van der Waals surface area contributed by atoms with Crippen LogP contribution >= 0.6 is 63.0 Å². The van der Waals surface area contributed by atoms with Crippen LogP contribution in [0.25, 0.3) is 11.3 Å². The SMILES string of the molecule is Br.CSc1sc(C(=O)O)c(C)c1-c1csc(Nc2ccc(Oc3ccc(Cl)cc3)cc2)n1. The number of hydrogen-bond donors (Lipinski definition) is 2. The van der Waals surface area contributed by atoms with E-state index in [-0.39, 0.29) is 17.0 Å². The van der Waals surface area contributed by atoms with E-state index in [0.29, 0.717) is 21.4 Å². The van der Waals surface area contributed by atoms with Crippen LogP contribution in [0.4, 0.5) is 10.8 Å². The lowest BCUT2D eigenvalue weighted by Gasteiger charge is -2.07. The van der Waals surface area contributed by atoms with E-state index in [4.69, 9.17) is 16.3 Å². The maximum Gasteiger partial charge on any atom is 0.346 e. The third kappa shape index (κ3) is 5.47. The third-order valence-corrected chi connectivity index (χ3v) is 7.82. The van der Waals surface area contributed by atoms with E-state index in [0.717, 1.165) is 31.8 Å². The molecule has 10 heteroatoms. The fourth-order valence-corrected chi connectivity index (χ4v) is 5.73. The molecule has 0 aliphatic carbocycles. The number of nitrogens with one attached hydrogen (secondary N) is 1. The van der Waals surface area contributed by atoms with E-state index in [2.05, 4.69) is 10.3 Å². The van der Waals surface area contributed by atoms with Crippen molar-refractivity contribution >= 4 is 79.8 Å². The van der Waals surface area contributed by atoms with Gasteiger partial charge in [-0.2, -0.15) is 0 Å². The van der Waals surface area contributed by atoms with Gasteiger partial charge in [-0.15, -0.1) is 51.4 Å². The Morgan fingerprint density at radius 3 is 2.34 bits per heavy atom. The molecule has 0 saturated heterocycles. The van der Waals surface area contributed by atoms with Crippen molar-refractivity contribution in [3.8, 4) is 22.8 Å². The molecule has 2 aromatic carbocycles. The Morgan fingerprint density at radius 2 is 1.75 bits per heavy atom. The second-order valence-corrected chi connectivity index (χ2v) is 9.86. The summed E-state index contributed by atoms with van der Waals surface area (Å²) in [5.74, 6) is 0.525. The molecule has 2 aromatic heterocycles. The number of thioether (sulfide) groups is 1. The molecule has 0 atom stereocenters. The lowest BCUT2D eigenvalue weighted by atomic mass is 10.1. The topological polar surface area (TPSA) is 71.5 Å². The number of nitrogens with zero attached hydrogens (tertiary/aromatic N) is 1. The van der Waals surface area contributed by atoms with E-state index in [9.17, 15) is 9.90 Å². The van der Waals surface area contributed by atoms with Crippen LogP contribution in [0.2, 0.25) is 5.02 Å². The number of halogens is 2. The van der Waals surface area contributed by atoms with Crippen LogP contribution in [0, 0.1) is 6.92 Å². The number of rotatable bonds is 7. The largest absolute Gasteiger partial charge is 0.477 e. The first kappa shape index (κ1) is 24.6. The monoisotopic (exact) mass is 568 g/mol. The summed E-state index contributed by atoms with van der Waals surface area (Å²) in [6, 6.07) is 14.8. The van der Waals surface area contributed by atoms with Crippen molar-refractivity contribution in [3.05, 3.63) is 69.4 Å². The minimum atomic E-state index is -0.904. The quantitative estimate of drug-likeness (QED) is 0.218. The highest BCUT2D eigenvalue weighted by molar-refractivity contribution is 8.93. The third-order valence-electron chi connectivity index (χ3n) is 4.41. The van der Waals surface area contributed by atoms with Crippen molar-refractivity contribution in [2.45, 2.75) is 11.1 Å². The van der Waals surface area contributed by atoms with Gasteiger partial charge in [-0.05, 0) is 67.3 Å². The molecule has 0 bridgehead atoms. The Labute approximate surface area is 213 Å². The minimum Gasteiger partial charge on any atom is -0.477 e. The minimum absolute atomic E-state index is 0. The normalized spacial score (nSPS) is 10.5. The Bertz CT molecular complexity index is 1220. The van der Waals surface area contributed by atoms with Gasteiger partial charge in [0.15, 0.2) is 5.13 Å². The highest BCUT2D eigenvalue weighted by Crippen LogP contribution is 2.42. The van der Waals surface area contributed by atoms with E-state index < -0.39 is 5.97 Å². The number of carboxylic acids is 1. The molecule has 0 saturated carbocycles. The van der Waals surface area contributed by atoms with Crippen molar-refractivity contribution in [2.24, 2.45) is 0 Å². The molecule has 4 rings (SSSR count). The van der Waals surface area contributed by atoms with Crippen molar-refractivity contribution < 1.29 is 14.6 Å². The standard InChI is InChI=1S/C22H17ClN2O3S3.BrH/c1-12-18(21(29-2)31-19(12)20(26)27)17-11-30-22(25-17)24-14-5-9-16(10-6-14)28-15-7-3-13(23)4-8-15;/h3-11H,1-2H3,(H,24,25)(H,26,27);1H. The van der Waals surface area contributed by atoms with Crippen LogP contribution in [0.3, 0.4) is 0 Å². The van der Waals surface area contributed by atoms with Crippen LogP contribution < -0.4 is 10.1 Å². The fourth-order valence-electron chi connectivity index (χ4n) is 2.95. The number of thiophene rings is 1. The summed E-state index contributed by atoms with van der Waals surface area (Å²) in [4.78, 5) is 16.5. The van der Waals surface area contributed by atoms with Crippen LogP contribution in [0.15, 0.2) is 58.1 Å². The van der Waals surface area contributed by atoms with Gasteiger partial charge in [0.25, 0.3) is 0 Å². The first-order valence-electron chi connectivity index (χ1n) is 9.11. The smallest absolute Gasteiger partial charge is 0.346 e. The maximum absolute atomic E-state index is 11.5. The zero-order valence-electron chi connectivity index (χ0n) is 16.9. The summed E-state index contributed by atoms with van der Waals surface area (Å²) in [6.45, 7) is 1.83. The molecular weight excluding hydrogens is 552 g/mol. The van der Waals surface area contributed by atoms with Crippen molar-refractivity contribution in [3.63, 3.8) is 0 Å². The Kier molecular flexibility index (Phi) is 8.24. The van der Waals surface area contributed by atoms with E-state index in [1.807, 2.05) is 55.0 Å². The van der Waals surface area contributed by atoms with Crippen molar-refractivity contribution in [2.75, 3.05) is 11.6 Å². The van der Waals surface area contributed by atoms with Crippen molar-refractivity contribution in [1.82, 2.24) is 4.98 Å². The van der Waals surface area contributed by atoms with Crippen LogP contribution in [-0.2, 0) is 0 Å². The highest BCUT2D eigenvalue weighted by Gasteiger charge is 2.22. The number of carbonyl (C=O) groups is 1. The first-order chi connectivity index (χ1) is 14.9. The van der Waals surface area contributed by atoms with Crippen molar-refractivity contribution in [1.29, 1.82) is 0 Å². The molecule has 0 spiro atoms. The number of anilines is 2. The highest BCUT2D eigenvalue weighted by atomic mass is 79.9. The molecule has 2 N–H and O–H groups in total. The molecule has 0 radical (unpaired) electrons. The van der Waals surface area contributed by atoms with Gasteiger partial charge in [0.05, 0.1) is 9.90 Å². The molecule has 166 valence electrons. The average molecular weight is 570 g/mol. The van der Waals surface area contributed by atoms with Gasteiger partial charge in [-0.1, -0.05) is 11.6 Å². The number of carboxylic acid groups (broad SMARTS) is 1. The van der Waals surface area contributed by atoms with Crippen LogP contribution in [0.1, 0.15) is 15.2 Å². The van der Waals surface area contributed by atoms with Gasteiger partial charge in [-0.3, -0.25) is 0 Å². The average Bonchev–Trinajstić information content (AvgIpc) is 3.34. The summed E-state index contributed by atoms with van der Waals surface area (Å²) in [7, 11) is 0. The van der Waals surface area contributed by atoms with Crippen LogP contribution in [0.5, 0.6) is 11.5 Å². The zero-order chi connectivity index (χ0) is 22.0. The van der Waals surface area contributed by atoms with Gasteiger partial charge in [0.1, 0.15) is 16.4 Å². The summed E-state index contributed by atoms with van der Waals surface area (Å²) in [6.07, 6.45) is 1.94. The number of aromatic carboxylic acids is 1. The van der Waals surface area contributed by atoms with Gasteiger partial charge < -0.3 is 15.2 Å². The second-order valence-electron chi connectivity index (χ2n) is 6.47. The fraction of sp³-hybridized carbons (Fsp3) is 0.0909. The van der Waals surface area contributed by atoms with E-state index in [1.165, 1.54) is 34.4 Å². The number of aromatic nitrogens is 1.